The fourth-order valence-corrected chi connectivity index (χ4v) is 2.23. The summed E-state index contributed by atoms with van der Waals surface area (Å²) in [5, 5.41) is 18.9. The maximum atomic E-state index is 10.3. The zero-order valence-corrected chi connectivity index (χ0v) is 11.9. The summed E-state index contributed by atoms with van der Waals surface area (Å²) in [5.74, 6) is 0. The third-order valence-electron chi connectivity index (χ3n) is 3.33. The molecule has 0 aliphatic carbocycles. The number of aliphatic hydroxyl groups excluding tert-OH is 1. The van der Waals surface area contributed by atoms with Crippen LogP contribution in [0.5, 0.6) is 0 Å². The van der Waals surface area contributed by atoms with Crippen LogP contribution in [0.25, 0.3) is 0 Å². The number of aliphatic hydroxyl groups is 1. The summed E-state index contributed by atoms with van der Waals surface area (Å²) in [6, 6.07) is 2.01. The van der Waals surface area contributed by atoms with E-state index in [-0.39, 0.29) is 0 Å². The van der Waals surface area contributed by atoms with Gasteiger partial charge in [0.2, 0.25) is 0 Å². The van der Waals surface area contributed by atoms with E-state index >= 15 is 0 Å². The second-order valence-electron chi connectivity index (χ2n) is 4.81. The van der Waals surface area contributed by atoms with Crippen LogP contribution in [0.1, 0.15) is 43.3 Å². The van der Waals surface area contributed by atoms with Gasteiger partial charge in [0.1, 0.15) is 0 Å². The SMILES string of the molecule is CCc1cc(C(O)CCc2cnn(C)c2)n(CC)n1. The van der Waals surface area contributed by atoms with Gasteiger partial charge in [-0.15, -0.1) is 0 Å². The molecule has 5 nitrogen and oxygen atoms in total. The summed E-state index contributed by atoms with van der Waals surface area (Å²) in [6.45, 7) is 4.91. The fourth-order valence-electron chi connectivity index (χ4n) is 2.23. The van der Waals surface area contributed by atoms with Crippen molar-refractivity contribution in [3.05, 3.63) is 35.4 Å². The highest BCUT2D eigenvalue weighted by Gasteiger charge is 2.15. The number of hydrogen-bond acceptors (Lipinski definition) is 3. The van der Waals surface area contributed by atoms with Crippen molar-refractivity contribution >= 4 is 0 Å². The number of aryl methyl sites for hydroxylation is 4. The van der Waals surface area contributed by atoms with Crippen LogP contribution in [0.3, 0.4) is 0 Å². The highest BCUT2D eigenvalue weighted by Crippen LogP contribution is 2.20. The lowest BCUT2D eigenvalue weighted by atomic mass is 10.1. The molecule has 0 saturated carbocycles. The van der Waals surface area contributed by atoms with E-state index in [4.69, 9.17) is 0 Å². The Morgan fingerprint density at radius 3 is 2.74 bits per heavy atom. The smallest absolute Gasteiger partial charge is 0.0960 e. The Morgan fingerprint density at radius 1 is 1.37 bits per heavy atom. The van der Waals surface area contributed by atoms with Crippen molar-refractivity contribution in [1.29, 1.82) is 0 Å². The minimum atomic E-state index is -0.465. The number of hydrogen-bond donors (Lipinski definition) is 1. The van der Waals surface area contributed by atoms with Gasteiger partial charge in [-0.25, -0.2) is 0 Å². The van der Waals surface area contributed by atoms with E-state index in [1.165, 1.54) is 0 Å². The second kappa shape index (κ2) is 6.02. The van der Waals surface area contributed by atoms with Gasteiger partial charge in [0, 0.05) is 19.8 Å². The van der Waals surface area contributed by atoms with Gasteiger partial charge < -0.3 is 5.11 Å². The molecule has 2 aromatic heterocycles. The molecule has 2 aromatic rings. The number of aromatic nitrogens is 4. The lowest BCUT2D eigenvalue weighted by Crippen LogP contribution is -2.08. The van der Waals surface area contributed by atoms with Gasteiger partial charge in [-0.3, -0.25) is 9.36 Å². The molecule has 5 heteroatoms. The van der Waals surface area contributed by atoms with E-state index in [2.05, 4.69) is 17.1 Å². The molecule has 0 saturated heterocycles. The molecule has 19 heavy (non-hydrogen) atoms. The Balaban J connectivity index is 2.02. The molecule has 1 N–H and O–H groups in total. The van der Waals surface area contributed by atoms with Gasteiger partial charge in [0.25, 0.3) is 0 Å². The molecule has 0 spiro atoms. The summed E-state index contributed by atoms with van der Waals surface area (Å²) >= 11 is 0. The van der Waals surface area contributed by atoms with Crippen molar-refractivity contribution < 1.29 is 5.11 Å². The van der Waals surface area contributed by atoms with Crippen LogP contribution in [-0.2, 0) is 26.4 Å². The molecular formula is C14H22N4O. The van der Waals surface area contributed by atoms with Crippen LogP contribution in [0.4, 0.5) is 0 Å². The van der Waals surface area contributed by atoms with Gasteiger partial charge in [-0.2, -0.15) is 10.2 Å². The lowest BCUT2D eigenvalue weighted by Gasteiger charge is -2.11. The van der Waals surface area contributed by atoms with Crippen molar-refractivity contribution in [2.45, 2.75) is 45.8 Å². The average Bonchev–Trinajstić information content (AvgIpc) is 3.01. The Hall–Kier alpha value is -1.62. The van der Waals surface area contributed by atoms with E-state index in [1.54, 1.807) is 4.68 Å². The van der Waals surface area contributed by atoms with E-state index in [9.17, 15) is 5.11 Å². The summed E-state index contributed by atoms with van der Waals surface area (Å²) in [4.78, 5) is 0. The standard InChI is InChI=1S/C14H22N4O/c1-4-12-8-13(18(5-2)16-12)14(19)7-6-11-9-15-17(3)10-11/h8-10,14,19H,4-7H2,1-3H3. The topological polar surface area (TPSA) is 55.9 Å². The van der Waals surface area contributed by atoms with Crippen LogP contribution in [0, 0.1) is 0 Å². The quantitative estimate of drug-likeness (QED) is 0.864. The van der Waals surface area contributed by atoms with Crippen LogP contribution in [-0.4, -0.2) is 24.7 Å². The molecule has 104 valence electrons. The van der Waals surface area contributed by atoms with Crippen LogP contribution in [0.2, 0.25) is 0 Å². The molecule has 0 aliphatic heterocycles. The van der Waals surface area contributed by atoms with Gasteiger partial charge in [0.05, 0.1) is 23.7 Å². The fraction of sp³-hybridized carbons (Fsp3) is 0.571. The Bertz CT molecular complexity index is 529. The highest BCUT2D eigenvalue weighted by atomic mass is 16.3. The number of nitrogens with zero attached hydrogens (tertiary/aromatic N) is 4. The average molecular weight is 262 g/mol. The largest absolute Gasteiger partial charge is 0.387 e. The third kappa shape index (κ3) is 3.23. The van der Waals surface area contributed by atoms with E-state index < -0.39 is 6.10 Å². The zero-order valence-electron chi connectivity index (χ0n) is 11.9. The van der Waals surface area contributed by atoms with E-state index in [0.717, 1.165) is 36.3 Å². The molecule has 1 atom stereocenters. The highest BCUT2D eigenvalue weighted by molar-refractivity contribution is 5.14. The Morgan fingerprint density at radius 2 is 2.16 bits per heavy atom. The molecule has 1 unspecified atom stereocenters. The first-order valence-electron chi connectivity index (χ1n) is 6.86. The van der Waals surface area contributed by atoms with Gasteiger partial charge in [-0.05, 0) is 37.8 Å². The summed E-state index contributed by atoms with van der Waals surface area (Å²) in [6.07, 6.45) is 5.79. The summed E-state index contributed by atoms with van der Waals surface area (Å²) in [7, 11) is 1.90. The molecule has 0 radical (unpaired) electrons. The van der Waals surface area contributed by atoms with Crippen molar-refractivity contribution in [2.24, 2.45) is 7.05 Å². The van der Waals surface area contributed by atoms with Gasteiger partial charge in [0.15, 0.2) is 0 Å². The minimum absolute atomic E-state index is 0.465. The first kappa shape index (κ1) is 13.8. The summed E-state index contributed by atoms with van der Waals surface area (Å²) < 4.78 is 3.68. The molecule has 2 rings (SSSR count). The Labute approximate surface area is 113 Å². The van der Waals surface area contributed by atoms with Gasteiger partial charge in [-0.1, -0.05) is 6.92 Å². The van der Waals surface area contributed by atoms with Crippen LogP contribution >= 0.6 is 0 Å². The lowest BCUT2D eigenvalue weighted by molar-refractivity contribution is 0.157. The minimum Gasteiger partial charge on any atom is -0.387 e. The predicted octanol–water partition coefficient (Wildman–Crippen LogP) is 1.87. The maximum Gasteiger partial charge on any atom is 0.0960 e. The zero-order chi connectivity index (χ0) is 13.8. The van der Waals surface area contributed by atoms with E-state index in [0.29, 0.717) is 6.42 Å². The molecule has 0 amide bonds. The van der Waals surface area contributed by atoms with Gasteiger partial charge >= 0.3 is 0 Å². The maximum absolute atomic E-state index is 10.3. The van der Waals surface area contributed by atoms with Crippen molar-refractivity contribution in [2.75, 3.05) is 0 Å². The third-order valence-corrected chi connectivity index (χ3v) is 3.33. The van der Waals surface area contributed by atoms with Crippen LogP contribution in [0.15, 0.2) is 18.5 Å². The van der Waals surface area contributed by atoms with Crippen molar-refractivity contribution in [3.8, 4) is 0 Å². The molecule has 0 fully saturated rings. The molecule has 2 heterocycles. The molecule has 0 bridgehead atoms. The summed E-state index contributed by atoms with van der Waals surface area (Å²) in [5.41, 5.74) is 3.11. The van der Waals surface area contributed by atoms with Crippen molar-refractivity contribution in [1.82, 2.24) is 19.6 Å². The first-order chi connectivity index (χ1) is 9.13. The normalized spacial score (nSPS) is 12.8. The first-order valence-corrected chi connectivity index (χ1v) is 6.86. The monoisotopic (exact) mass is 262 g/mol. The number of rotatable bonds is 6. The van der Waals surface area contributed by atoms with Crippen LogP contribution < -0.4 is 0 Å². The predicted molar refractivity (Wildman–Crippen MR) is 73.8 cm³/mol. The molecular weight excluding hydrogens is 240 g/mol. The Kier molecular flexibility index (Phi) is 4.37. The second-order valence-corrected chi connectivity index (χ2v) is 4.81. The van der Waals surface area contributed by atoms with E-state index in [1.807, 2.05) is 37.1 Å². The van der Waals surface area contributed by atoms with Crippen molar-refractivity contribution in [3.63, 3.8) is 0 Å². The molecule has 0 aliphatic rings. The molecule has 0 aromatic carbocycles.